The molecule has 23 heavy (non-hydrogen) atoms. The monoisotopic (exact) mass is 319 g/mol. The van der Waals surface area contributed by atoms with E-state index in [9.17, 15) is 9.50 Å². The standard InChI is InChI=1S/C17H22FN3O2/c1-11-6-7-13(9-14(11)18)17-19-16(23-20-17)10-21-8-4-3-5-15(21)12(2)22/h6-7,9,12,15,22H,3-5,8,10H2,1-2H3. The molecule has 0 aliphatic carbocycles. The second-order valence-electron chi connectivity index (χ2n) is 6.25. The number of halogens is 1. The van der Waals surface area contributed by atoms with Crippen molar-refractivity contribution in [1.82, 2.24) is 15.0 Å². The molecule has 1 aliphatic heterocycles. The molecule has 1 aliphatic rings. The molecule has 0 bridgehead atoms. The maximum Gasteiger partial charge on any atom is 0.241 e. The van der Waals surface area contributed by atoms with Crippen molar-refractivity contribution in [3.05, 3.63) is 35.5 Å². The second kappa shape index (κ2) is 6.76. The zero-order valence-corrected chi connectivity index (χ0v) is 13.5. The number of rotatable bonds is 4. The lowest BCUT2D eigenvalue weighted by atomic mass is 9.98. The molecule has 0 spiro atoms. The van der Waals surface area contributed by atoms with Crippen LogP contribution in [0, 0.1) is 12.7 Å². The third-order valence-corrected chi connectivity index (χ3v) is 4.46. The van der Waals surface area contributed by atoms with Gasteiger partial charge < -0.3 is 9.63 Å². The summed E-state index contributed by atoms with van der Waals surface area (Å²) in [5.41, 5.74) is 1.19. The van der Waals surface area contributed by atoms with E-state index in [0.29, 0.717) is 29.4 Å². The van der Waals surface area contributed by atoms with Gasteiger partial charge in [-0.25, -0.2) is 4.39 Å². The van der Waals surface area contributed by atoms with E-state index in [4.69, 9.17) is 4.52 Å². The number of piperidine rings is 1. The zero-order chi connectivity index (χ0) is 16.4. The van der Waals surface area contributed by atoms with Crippen molar-refractivity contribution in [2.75, 3.05) is 6.54 Å². The quantitative estimate of drug-likeness (QED) is 0.939. The average Bonchev–Trinajstić information content (AvgIpc) is 2.99. The van der Waals surface area contributed by atoms with E-state index in [1.54, 1.807) is 19.1 Å². The van der Waals surface area contributed by atoms with Crippen molar-refractivity contribution in [2.45, 2.75) is 51.8 Å². The fourth-order valence-electron chi connectivity index (χ4n) is 3.10. The average molecular weight is 319 g/mol. The summed E-state index contributed by atoms with van der Waals surface area (Å²) in [4.78, 5) is 6.55. The molecule has 2 atom stereocenters. The third kappa shape index (κ3) is 3.59. The van der Waals surface area contributed by atoms with Gasteiger partial charge in [0.05, 0.1) is 12.6 Å². The molecule has 0 amide bonds. The van der Waals surface area contributed by atoms with E-state index in [0.717, 1.165) is 25.8 Å². The Balaban J connectivity index is 1.75. The molecule has 124 valence electrons. The molecule has 3 rings (SSSR count). The molecule has 5 nitrogen and oxygen atoms in total. The van der Waals surface area contributed by atoms with Crippen LogP contribution in [0.15, 0.2) is 22.7 Å². The SMILES string of the molecule is Cc1ccc(-c2noc(CN3CCCCC3C(C)O)n2)cc1F. The predicted molar refractivity (Wildman–Crippen MR) is 84.2 cm³/mol. The molecule has 1 N–H and O–H groups in total. The van der Waals surface area contributed by atoms with Crippen molar-refractivity contribution in [3.63, 3.8) is 0 Å². The van der Waals surface area contributed by atoms with Crippen LogP contribution in [-0.2, 0) is 6.54 Å². The molecule has 2 heterocycles. The topological polar surface area (TPSA) is 62.4 Å². The van der Waals surface area contributed by atoms with E-state index in [1.165, 1.54) is 6.07 Å². The van der Waals surface area contributed by atoms with Gasteiger partial charge in [-0.15, -0.1) is 0 Å². The van der Waals surface area contributed by atoms with Gasteiger partial charge in [0.1, 0.15) is 5.82 Å². The highest BCUT2D eigenvalue weighted by molar-refractivity contribution is 5.54. The summed E-state index contributed by atoms with van der Waals surface area (Å²) in [5, 5.41) is 13.9. The van der Waals surface area contributed by atoms with Crippen LogP contribution < -0.4 is 0 Å². The smallest absolute Gasteiger partial charge is 0.241 e. The lowest BCUT2D eigenvalue weighted by Gasteiger charge is -2.36. The van der Waals surface area contributed by atoms with Crippen LogP contribution in [-0.4, -0.2) is 38.8 Å². The molecular weight excluding hydrogens is 297 g/mol. The van der Waals surface area contributed by atoms with Gasteiger partial charge in [-0.3, -0.25) is 4.90 Å². The van der Waals surface area contributed by atoms with Gasteiger partial charge in [0.25, 0.3) is 0 Å². The Kier molecular flexibility index (Phi) is 4.73. The molecule has 0 saturated carbocycles. The van der Waals surface area contributed by atoms with E-state index in [-0.39, 0.29) is 18.0 Å². The molecule has 2 aromatic rings. The minimum atomic E-state index is -0.385. The fourth-order valence-corrected chi connectivity index (χ4v) is 3.10. The molecule has 1 aromatic heterocycles. The van der Waals surface area contributed by atoms with Crippen molar-refractivity contribution in [1.29, 1.82) is 0 Å². The number of likely N-dealkylation sites (tertiary alicyclic amines) is 1. The Morgan fingerprint density at radius 2 is 2.26 bits per heavy atom. The van der Waals surface area contributed by atoms with Crippen molar-refractivity contribution < 1.29 is 14.0 Å². The Morgan fingerprint density at radius 3 is 3.00 bits per heavy atom. The van der Waals surface area contributed by atoms with E-state index in [2.05, 4.69) is 15.0 Å². The van der Waals surface area contributed by atoms with Gasteiger partial charge >= 0.3 is 0 Å². The van der Waals surface area contributed by atoms with Crippen LogP contribution in [0.2, 0.25) is 0 Å². The maximum atomic E-state index is 13.7. The van der Waals surface area contributed by atoms with Crippen LogP contribution >= 0.6 is 0 Å². The van der Waals surface area contributed by atoms with Crippen LogP contribution in [0.25, 0.3) is 11.4 Å². The van der Waals surface area contributed by atoms with Crippen LogP contribution in [0.4, 0.5) is 4.39 Å². The third-order valence-electron chi connectivity index (χ3n) is 4.46. The molecule has 1 fully saturated rings. The summed E-state index contributed by atoms with van der Waals surface area (Å²) in [5.74, 6) is 0.608. The number of aromatic nitrogens is 2. The first-order chi connectivity index (χ1) is 11.0. The van der Waals surface area contributed by atoms with Gasteiger partial charge in [-0.1, -0.05) is 23.7 Å². The first-order valence-corrected chi connectivity index (χ1v) is 8.06. The summed E-state index contributed by atoms with van der Waals surface area (Å²) >= 11 is 0. The molecule has 1 saturated heterocycles. The number of benzene rings is 1. The molecule has 0 radical (unpaired) electrons. The Hall–Kier alpha value is -1.79. The van der Waals surface area contributed by atoms with Gasteiger partial charge in [0.15, 0.2) is 0 Å². The van der Waals surface area contributed by atoms with Gasteiger partial charge in [0, 0.05) is 11.6 Å². The number of aliphatic hydroxyl groups is 1. The Bertz CT molecular complexity index is 672. The fraction of sp³-hybridized carbons (Fsp3) is 0.529. The molecule has 1 aromatic carbocycles. The van der Waals surface area contributed by atoms with E-state index >= 15 is 0 Å². The van der Waals surface area contributed by atoms with Gasteiger partial charge in [-0.05, 0) is 44.9 Å². The summed E-state index contributed by atoms with van der Waals surface area (Å²) in [6.45, 7) is 4.95. The number of aliphatic hydroxyl groups excluding tert-OH is 1. The lowest BCUT2D eigenvalue weighted by molar-refractivity contribution is 0.0260. The molecular formula is C17H22FN3O2. The van der Waals surface area contributed by atoms with E-state index in [1.807, 2.05) is 6.92 Å². The highest BCUT2D eigenvalue weighted by atomic mass is 19.1. The second-order valence-corrected chi connectivity index (χ2v) is 6.25. The number of nitrogens with zero attached hydrogens (tertiary/aromatic N) is 3. The molecule has 2 unspecified atom stereocenters. The van der Waals surface area contributed by atoms with Crippen LogP contribution in [0.5, 0.6) is 0 Å². The first-order valence-electron chi connectivity index (χ1n) is 8.06. The van der Waals surface area contributed by atoms with Crippen molar-refractivity contribution in [2.24, 2.45) is 0 Å². The van der Waals surface area contributed by atoms with Crippen molar-refractivity contribution in [3.8, 4) is 11.4 Å². The lowest BCUT2D eigenvalue weighted by Crippen LogP contribution is -2.45. The predicted octanol–water partition coefficient (Wildman–Crippen LogP) is 2.92. The summed E-state index contributed by atoms with van der Waals surface area (Å²) in [6, 6.07) is 5.03. The van der Waals surface area contributed by atoms with Crippen LogP contribution in [0.3, 0.4) is 0 Å². The van der Waals surface area contributed by atoms with Gasteiger partial charge in [0.2, 0.25) is 11.7 Å². The first kappa shape index (κ1) is 16.1. The Morgan fingerprint density at radius 1 is 1.43 bits per heavy atom. The minimum Gasteiger partial charge on any atom is -0.392 e. The van der Waals surface area contributed by atoms with E-state index < -0.39 is 0 Å². The highest BCUT2D eigenvalue weighted by Crippen LogP contribution is 2.23. The summed E-state index contributed by atoms with van der Waals surface area (Å²) < 4.78 is 19.0. The maximum absolute atomic E-state index is 13.7. The minimum absolute atomic E-state index is 0.121. The zero-order valence-electron chi connectivity index (χ0n) is 13.5. The summed E-state index contributed by atoms with van der Waals surface area (Å²) in [7, 11) is 0. The highest BCUT2D eigenvalue weighted by Gasteiger charge is 2.27. The number of hydrogen-bond acceptors (Lipinski definition) is 5. The number of hydrogen-bond donors (Lipinski definition) is 1. The number of aryl methyl sites for hydroxylation is 1. The Labute approximate surface area is 135 Å². The van der Waals surface area contributed by atoms with Crippen molar-refractivity contribution >= 4 is 0 Å². The van der Waals surface area contributed by atoms with Crippen LogP contribution in [0.1, 0.15) is 37.6 Å². The normalized spacial score (nSPS) is 20.6. The largest absolute Gasteiger partial charge is 0.392 e. The summed E-state index contributed by atoms with van der Waals surface area (Å²) in [6.07, 6.45) is 2.82. The molecule has 6 heteroatoms. The van der Waals surface area contributed by atoms with Gasteiger partial charge in [-0.2, -0.15) is 4.98 Å².